The van der Waals surface area contributed by atoms with Gasteiger partial charge in [0.15, 0.2) is 0 Å². The van der Waals surface area contributed by atoms with Crippen LogP contribution in [0.1, 0.15) is 99.9 Å². The van der Waals surface area contributed by atoms with E-state index in [4.69, 9.17) is 0 Å². The summed E-state index contributed by atoms with van der Waals surface area (Å²) in [5.74, 6) is 0. The average molecular weight is 1710 g/mol. The van der Waals surface area contributed by atoms with Gasteiger partial charge in [-0.15, -0.1) is 0 Å². The molecule has 0 bridgehead atoms. The van der Waals surface area contributed by atoms with E-state index in [9.17, 15) is 0 Å². The second-order valence-electron chi connectivity index (χ2n) is 40.5. The van der Waals surface area contributed by atoms with Crippen molar-refractivity contribution < 1.29 is 0 Å². The maximum atomic E-state index is 2.68. The highest BCUT2D eigenvalue weighted by atomic mass is 15.2. The fraction of sp³-hybridized carbons (Fsp3) is 0.0968. The molecule has 0 fully saturated rings. The highest BCUT2D eigenvalue weighted by Gasteiger charge is 2.54. The zero-order valence-electron chi connectivity index (χ0n) is 75.7. The van der Waals surface area contributed by atoms with Crippen LogP contribution >= 0.6 is 0 Å². The molecule has 0 saturated carbocycles. The summed E-state index contributed by atoms with van der Waals surface area (Å²) in [4.78, 5) is 10.4. The van der Waals surface area contributed by atoms with Gasteiger partial charge in [0.1, 0.15) is 0 Å². The molecule has 0 amide bonds. The summed E-state index contributed by atoms with van der Waals surface area (Å²) in [6.45, 7) is 19.6. The summed E-state index contributed by atoms with van der Waals surface area (Å²) >= 11 is 0. The molecular weight excluding hydrogens is 1620 g/mol. The lowest BCUT2D eigenvalue weighted by Gasteiger charge is -2.53. The van der Waals surface area contributed by atoms with E-state index < -0.39 is 0 Å². The van der Waals surface area contributed by atoms with E-state index >= 15 is 0 Å². The van der Waals surface area contributed by atoms with Gasteiger partial charge in [0.2, 0.25) is 0 Å². The molecule has 630 valence electrons. The van der Waals surface area contributed by atoms with Crippen molar-refractivity contribution in [3.63, 3.8) is 0 Å². The molecule has 12 heterocycles. The summed E-state index contributed by atoms with van der Waals surface area (Å²) in [5.41, 5.74) is 47.9. The van der Waals surface area contributed by atoms with E-state index in [2.05, 4.69) is 482 Å². The normalized spacial score (nSPS) is 15.5. The molecule has 4 aromatic heterocycles. The standard InChI is InChI=1S/C66H55BN4.C58H33BN4/c1-63(2)42-26-15-18-33-53(42)69(41-24-13-10-14-25-41)58-39-59-47(36-46(58)63)65(5,6)44-28-19-31-51-62(44)71(59)55-35-21-34-54-60(55)67(51)50-30-20-29-45-61(50)70(54)57-38-48-56(37-49(57)66(45,7)8)68(40-22-11-9-12-23-40)52-32-17-16-27-43(52)64(48,3)4;1-3-16-34(17-4-1)60-47-29-12-10-23-42(47)51-55(60)38-22-8-7-21-37(38)50-43-25-14-27-45-54(43)63(58(50)51)49-31-15-30-48-52(49)59(45)44-26-13-24-39-41-33-32-40-36-20-9-11-28-46(36)61(35-18-5-2-6-19-35)56(40)57(41)62(48)53(39)44/h9-39H,1-8H3;1-33H. The lowest BCUT2D eigenvalue weighted by atomic mass is 9.32. The first-order valence-corrected chi connectivity index (χ1v) is 47.6. The monoisotopic (exact) mass is 1710 g/mol. The van der Waals surface area contributed by atoms with Crippen molar-refractivity contribution >= 4 is 212 Å². The number of para-hydroxylation sites is 12. The van der Waals surface area contributed by atoms with Gasteiger partial charge in [-0.3, -0.25) is 0 Å². The van der Waals surface area contributed by atoms with Gasteiger partial charge in [0.25, 0.3) is 13.4 Å². The zero-order valence-corrected chi connectivity index (χ0v) is 75.7. The zero-order chi connectivity index (χ0) is 88.7. The number of nitrogens with zero attached hydrogens (tertiary/aromatic N) is 8. The third kappa shape index (κ3) is 9.21. The number of rotatable bonds is 4. The van der Waals surface area contributed by atoms with Gasteiger partial charge in [-0.2, -0.15) is 0 Å². The van der Waals surface area contributed by atoms with Crippen LogP contribution in [0.2, 0.25) is 0 Å². The van der Waals surface area contributed by atoms with Gasteiger partial charge >= 0.3 is 0 Å². The SMILES string of the molecule is CC1(C)c2ccccc2N(c2ccccc2)c2cc3c(cc21)N1c2cccc4c2B(c2cccc(c21)C3(C)C)c1cccc2c1N4c1cc3c(cc1C2(C)C)C(C)(C)c1ccccc1N3c1ccccc1.c1ccc(-n2c3ccccc3c3c2c2ccccc2c2c4cccc5c4n(c23)-c2cccc3c2B5c2cccc4c5ccc6c7ccccc7n(-c7ccccc7)c6c5n-3c24)cc1. The fourth-order valence-electron chi connectivity index (χ4n) is 26.9. The van der Waals surface area contributed by atoms with Gasteiger partial charge in [-0.25, -0.2) is 0 Å². The quantitative estimate of drug-likeness (QED) is 0.164. The molecule has 23 aromatic rings. The lowest BCUT2D eigenvalue weighted by Crippen LogP contribution is -2.63. The number of hydrogen-bond donors (Lipinski definition) is 0. The Morgan fingerprint density at radius 3 is 1.07 bits per heavy atom. The maximum Gasteiger partial charge on any atom is 0.252 e. The van der Waals surface area contributed by atoms with Crippen molar-refractivity contribution in [2.45, 2.75) is 77.0 Å². The molecule has 0 atom stereocenters. The smallest absolute Gasteiger partial charge is 0.252 e. The third-order valence-electron chi connectivity index (χ3n) is 32.6. The minimum atomic E-state index is -0.293. The summed E-state index contributed by atoms with van der Waals surface area (Å²) < 4.78 is 10.3. The summed E-state index contributed by atoms with van der Waals surface area (Å²) in [6.07, 6.45) is 0. The second kappa shape index (κ2) is 26.0. The molecule has 0 saturated heterocycles. The number of anilines is 12. The lowest BCUT2D eigenvalue weighted by molar-refractivity contribution is 0.608. The molecule has 8 aliphatic heterocycles. The molecule has 0 spiro atoms. The fourth-order valence-corrected chi connectivity index (χ4v) is 26.9. The molecule has 0 aliphatic carbocycles. The van der Waals surface area contributed by atoms with Gasteiger partial charge in [-0.05, 0) is 204 Å². The van der Waals surface area contributed by atoms with Crippen LogP contribution in [0.5, 0.6) is 0 Å². The first kappa shape index (κ1) is 74.7. The molecule has 31 rings (SSSR count). The summed E-state index contributed by atoms with van der Waals surface area (Å²) in [7, 11) is 0. The minimum Gasteiger partial charge on any atom is -0.311 e. The Kier molecular flexibility index (Phi) is 14.5. The number of benzene rings is 19. The molecule has 0 N–H and O–H groups in total. The second-order valence-corrected chi connectivity index (χ2v) is 40.5. The highest BCUT2D eigenvalue weighted by molar-refractivity contribution is 7.01. The third-order valence-corrected chi connectivity index (χ3v) is 32.6. The Morgan fingerprint density at radius 1 is 0.179 bits per heavy atom. The molecule has 0 radical (unpaired) electrons. The van der Waals surface area contributed by atoms with Crippen LogP contribution in [0.25, 0.3) is 121 Å². The van der Waals surface area contributed by atoms with Gasteiger partial charge in [0, 0.05) is 138 Å². The van der Waals surface area contributed by atoms with E-state index in [0.717, 1.165) is 0 Å². The predicted octanol–water partition coefficient (Wildman–Crippen LogP) is 27.6. The van der Waals surface area contributed by atoms with Crippen LogP contribution in [0.3, 0.4) is 0 Å². The predicted molar refractivity (Wildman–Crippen MR) is 564 cm³/mol. The molecule has 8 aliphatic rings. The maximum absolute atomic E-state index is 2.68. The summed E-state index contributed by atoms with van der Waals surface area (Å²) in [5, 5.41) is 12.8. The minimum absolute atomic E-state index is 0.0482. The van der Waals surface area contributed by atoms with Crippen molar-refractivity contribution in [3.8, 4) is 22.7 Å². The summed E-state index contributed by atoms with van der Waals surface area (Å²) in [6, 6.07) is 147. The Hall–Kier alpha value is -16.0. The molecule has 19 aromatic carbocycles. The van der Waals surface area contributed by atoms with Crippen LogP contribution in [-0.2, 0) is 21.7 Å². The van der Waals surface area contributed by atoms with Crippen molar-refractivity contribution in [3.05, 3.63) is 433 Å². The Morgan fingerprint density at radius 2 is 0.507 bits per heavy atom. The number of aromatic nitrogens is 4. The van der Waals surface area contributed by atoms with Crippen molar-refractivity contribution in [2.75, 3.05) is 19.6 Å². The van der Waals surface area contributed by atoms with E-state index in [1.165, 1.54) is 266 Å². The van der Waals surface area contributed by atoms with E-state index in [1.54, 1.807) is 0 Å². The van der Waals surface area contributed by atoms with Crippen LogP contribution < -0.4 is 52.4 Å². The highest BCUT2D eigenvalue weighted by Crippen LogP contribution is 2.64. The number of fused-ring (bicyclic) bond motifs is 33. The first-order chi connectivity index (χ1) is 65.6. The number of hydrogen-bond acceptors (Lipinski definition) is 4. The van der Waals surface area contributed by atoms with Crippen molar-refractivity contribution in [1.29, 1.82) is 0 Å². The Bertz CT molecular complexity index is 9250. The largest absolute Gasteiger partial charge is 0.311 e. The van der Waals surface area contributed by atoms with Crippen LogP contribution in [-0.4, -0.2) is 31.7 Å². The van der Waals surface area contributed by atoms with Crippen LogP contribution in [0.15, 0.2) is 388 Å². The van der Waals surface area contributed by atoms with Crippen molar-refractivity contribution in [1.82, 2.24) is 18.3 Å². The van der Waals surface area contributed by atoms with Crippen molar-refractivity contribution in [2.24, 2.45) is 0 Å². The van der Waals surface area contributed by atoms with Gasteiger partial charge in [0.05, 0.1) is 67.2 Å². The van der Waals surface area contributed by atoms with Gasteiger partial charge < -0.3 is 37.9 Å². The van der Waals surface area contributed by atoms with Crippen LogP contribution in [0, 0.1) is 0 Å². The molecule has 134 heavy (non-hydrogen) atoms. The molecule has 10 heteroatoms. The van der Waals surface area contributed by atoms with E-state index in [0.29, 0.717) is 0 Å². The topological polar surface area (TPSA) is 32.7 Å². The Balaban J connectivity index is 0.000000129. The van der Waals surface area contributed by atoms with E-state index in [1.807, 2.05) is 0 Å². The van der Waals surface area contributed by atoms with Crippen LogP contribution in [0.4, 0.5) is 68.2 Å². The first-order valence-electron chi connectivity index (χ1n) is 47.6. The van der Waals surface area contributed by atoms with Gasteiger partial charge in [-0.1, -0.05) is 322 Å². The average Bonchev–Trinajstić information content (AvgIpc) is 0.754. The molecule has 8 nitrogen and oxygen atoms in total. The molecule has 0 unspecified atom stereocenters. The molecular formula is C124H88B2N8. The Labute approximate surface area is 777 Å². The van der Waals surface area contributed by atoms with E-state index in [-0.39, 0.29) is 35.1 Å².